The lowest BCUT2D eigenvalue weighted by atomic mass is 9.89. The molecular formula is C21H22N4OS. The third kappa shape index (κ3) is 3.91. The van der Waals surface area contributed by atoms with Crippen LogP contribution in [-0.4, -0.2) is 40.4 Å². The van der Waals surface area contributed by atoms with Gasteiger partial charge in [-0.1, -0.05) is 30.3 Å². The van der Waals surface area contributed by atoms with E-state index in [0.29, 0.717) is 31.3 Å². The van der Waals surface area contributed by atoms with E-state index in [1.807, 2.05) is 40.6 Å². The second-order valence-electron chi connectivity index (χ2n) is 6.87. The zero-order valence-corrected chi connectivity index (χ0v) is 15.8. The van der Waals surface area contributed by atoms with Gasteiger partial charge in [0.05, 0.1) is 12.1 Å². The number of nitrogens with two attached hydrogens (primary N) is 1. The van der Waals surface area contributed by atoms with E-state index in [9.17, 15) is 4.79 Å². The van der Waals surface area contributed by atoms with E-state index in [2.05, 4.69) is 22.1 Å². The fraction of sp³-hybridized carbons (Fsp3) is 0.286. The fourth-order valence-electron chi connectivity index (χ4n) is 3.67. The molecule has 4 rings (SSSR count). The van der Waals surface area contributed by atoms with Gasteiger partial charge >= 0.3 is 0 Å². The summed E-state index contributed by atoms with van der Waals surface area (Å²) in [6.07, 6.45) is 3.86. The SMILES string of the molecule is NC[C@@H]1CN(C(=O)Cc2csc(-c3cccnc3)n2)C[C@H]1c1ccccc1. The zero-order chi connectivity index (χ0) is 18.6. The maximum Gasteiger partial charge on any atom is 0.228 e. The van der Waals surface area contributed by atoms with Gasteiger partial charge in [-0.15, -0.1) is 11.3 Å². The predicted octanol–water partition coefficient (Wildman–Crippen LogP) is 2.95. The number of amides is 1. The van der Waals surface area contributed by atoms with Gasteiger partial charge in [-0.05, 0) is 30.2 Å². The van der Waals surface area contributed by atoms with Crippen molar-refractivity contribution in [1.82, 2.24) is 14.9 Å². The largest absolute Gasteiger partial charge is 0.341 e. The molecule has 1 aliphatic rings. The van der Waals surface area contributed by atoms with Gasteiger partial charge in [0.1, 0.15) is 5.01 Å². The molecule has 2 N–H and O–H groups in total. The molecule has 1 saturated heterocycles. The number of thiazole rings is 1. The highest BCUT2D eigenvalue weighted by Crippen LogP contribution is 2.32. The van der Waals surface area contributed by atoms with E-state index in [1.165, 1.54) is 5.56 Å². The Morgan fingerprint density at radius 2 is 2.04 bits per heavy atom. The third-order valence-electron chi connectivity index (χ3n) is 5.12. The van der Waals surface area contributed by atoms with Crippen molar-refractivity contribution < 1.29 is 4.79 Å². The molecule has 0 bridgehead atoms. The third-order valence-corrected chi connectivity index (χ3v) is 6.06. The Balaban J connectivity index is 1.44. The Morgan fingerprint density at radius 1 is 1.19 bits per heavy atom. The second kappa shape index (κ2) is 7.98. The molecule has 0 aliphatic carbocycles. The normalized spacial score (nSPS) is 19.4. The van der Waals surface area contributed by atoms with Crippen molar-refractivity contribution in [3.8, 4) is 10.6 Å². The average molecular weight is 379 g/mol. The number of carbonyl (C=O) groups is 1. The lowest BCUT2D eigenvalue weighted by molar-refractivity contribution is -0.129. The average Bonchev–Trinajstić information content (AvgIpc) is 3.36. The number of pyridine rings is 1. The van der Waals surface area contributed by atoms with E-state index in [4.69, 9.17) is 5.73 Å². The number of hydrogen-bond acceptors (Lipinski definition) is 5. The van der Waals surface area contributed by atoms with Crippen LogP contribution >= 0.6 is 11.3 Å². The molecule has 3 aromatic rings. The molecule has 0 unspecified atom stereocenters. The van der Waals surface area contributed by atoms with E-state index in [0.717, 1.165) is 22.8 Å². The van der Waals surface area contributed by atoms with Gasteiger partial charge < -0.3 is 10.6 Å². The molecule has 0 radical (unpaired) electrons. The lowest BCUT2D eigenvalue weighted by Crippen LogP contribution is -2.31. The van der Waals surface area contributed by atoms with Crippen molar-refractivity contribution >= 4 is 17.2 Å². The summed E-state index contributed by atoms with van der Waals surface area (Å²) >= 11 is 1.55. The molecule has 3 heterocycles. The second-order valence-corrected chi connectivity index (χ2v) is 7.73. The first-order valence-electron chi connectivity index (χ1n) is 9.12. The van der Waals surface area contributed by atoms with Crippen LogP contribution in [0.4, 0.5) is 0 Å². The van der Waals surface area contributed by atoms with Crippen molar-refractivity contribution in [2.24, 2.45) is 11.7 Å². The molecule has 6 heteroatoms. The lowest BCUT2D eigenvalue weighted by Gasteiger charge is -2.16. The maximum atomic E-state index is 12.8. The van der Waals surface area contributed by atoms with Crippen molar-refractivity contribution in [3.63, 3.8) is 0 Å². The number of hydrogen-bond donors (Lipinski definition) is 1. The summed E-state index contributed by atoms with van der Waals surface area (Å²) in [7, 11) is 0. The Kier molecular flexibility index (Phi) is 5.27. The van der Waals surface area contributed by atoms with Crippen LogP contribution < -0.4 is 5.73 Å². The van der Waals surface area contributed by atoms with Crippen LogP contribution in [0.25, 0.3) is 10.6 Å². The molecule has 1 amide bonds. The van der Waals surface area contributed by atoms with Crippen LogP contribution in [0.1, 0.15) is 17.2 Å². The summed E-state index contributed by atoms with van der Waals surface area (Å²) in [6, 6.07) is 14.2. The van der Waals surface area contributed by atoms with Gasteiger partial charge in [-0.3, -0.25) is 9.78 Å². The highest BCUT2D eigenvalue weighted by Gasteiger charge is 2.35. The molecule has 27 heavy (non-hydrogen) atoms. The van der Waals surface area contributed by atoms with Crippen molar-refractivity contribution in [1.29, 1.82) is 0 Å². The molecule has 1 aromatic carbocycles. The quantitative estimate of drug-likeness (QED) is 0.741. The molecular weight excluding hydrogens is 356 g/mol. The number of rotatable bonds is 5. The van der Waals surface area contributed by atoms with Gasteiger partial charge in [0.25, 0.3) is 0 Å². The van der Waals surface area contributed by atoms with Crippen molar-refractivity contribution in [2.45, 2.75) is 12.3 Å². The Hall–Kier alpha value is -2.57. The molecule has 2 atom stereocenters. The van der Waals surface area contributed by atoms with Crippen LogP contribution in [0, 0.1) is 5.92 Å². The van der Waals surface area contributed by atoms with Gasteiger partial charge in [0, 0.05) is 42.3 Å². The molecule has 1 aliphatic heterocycles. The summed E-state index contributed by atoms with van der Waals surface area (Å²) in [5, 5.41) is 2.86. The Labute approximate surface area is 162 Å². The highest BCUT2D eigenvalue weighted by atomic mass is 32.1. The van der Waals surface area contributed by atoms with E-state index < -0.39 is 0 Å². The summed E-state index contributed by atoms with van der Waals surface area (Å²) in [5.74, 6) is 0.731. The van der Waals surface area contributed by atoms with E-state index in [1.54, 1.807) is 23.7 Å². The number of aromatic nitrogens is 2. The van der Waals surface area contributed by atoms with Crippen LogP contribution in [0.2, 0.25) is 0 Å². The van der Waals surface area contributed by atoms with Crippen LogP contribution in [0.3, 0.4) is 0 Å². The molecule has 0 spiro atoms. The summed E-state index contributed by atoms with van der Waals surface area (Å²) in [4.78, 5) is 23.5. The number of benzene rings is 1. The molecule has 138 valence electrons. The van der Waals surface area contributed by atoms with Gasteiger partial charge in [-0.2, -0.15) is 0 Å². The topological polar surface area (TPSA) is 72.1 Å². The number of likely N-dealkylation sites (tertiary alicyclic amines) is 1. The summed E-state index contributed by atoms with van der Waals surface area (Å²) < 4.78 is 0. The predicted molar refractivity (Wildman–Crippen MR) is 107 cm³/mol. The highest BCUT2D eigenvalue weighted by molar-refractivity contribution is 7.13. The minimum atomic E-state index is 0.120. The van der Waals surface area contributed by atoms with Gasteiger partial charge in [0.2, 0.25) is 5.91 Å². The fourth-order valence-corrected chi connectivity index (χ4v) is 4.48. The molecule has 0 saturated carbocycles. The maximum absolute atomic E-state index is 12.8. The van der Waals surface area contributed by atoms with Crippen molar-refractivity contribution in [2.75, 3.05) is 19.6 Å². The first-order valence-corrected chi connectivity index (χ1v) is 10.00. The molecule has 5 nitrogen and oxygen atoms in total. The standard InChI is InChI=1S/C21H22N4OS/c22-10-17-12-25(13-19(17)15-5-2-1-3-6-15)20(26)9-18-14-27-21(24-18)16-7-4-8-23-11-16/h1-8,11,14,17,19H,9-10,12-13,22H2/t17-,19+/m1/s1. The number of carbonyl (C=O) groups excluding carboxylic acids is 1. The van der Waals surface area contributed by atoms with E-state index in [-0.39, 0.29) is 5.91 Å². The van der Waals surface area contributed by atoms with Gasteiger partial charge in [-0.25, -0.2) is 4.98 Å². The van der Waals surface area contributed by atoms with Crippen LogP contribution in [0.15, 0.2) is 60.2 Å². The van der Waals surface area contributed by atoms with Crippen LogP contribution in [-0.2, 0) is 11.2 Å². The van der Waals surface area contributed by atoms with Crippen LogP contribution in [0.5, 0.6) is 0 Å². The minimum Gasteiger partial charge on any atom is -0.341 e. The summed E-state index contributed by atoms with van der Waals surface area (Å²) in [5.41, 5.74) is 9.05. The monoisotopic (exact) mass is 378 g/mol. The van der Waals surface area contributed by atoms with E-state index >= 15 is 0 Å². The Bertz CT molecular complexity index is 897. The Morgan fingerprint density at radius 3 is 2.78 bits per heavy atom. The molecule has 2 aromatic heterocycles. The molecule has 1 fully saturated rings. The first-order chi connectivity index (χ1) is 13.2. The number of nitrogens with zero attached hydrogens (tertiary/aromatic N) is 3. The first kappa shape index (κ1) is 17.8. The zero-order valence-electron chi connectivity index (χ0n) is 15.0. The van der Waals surface area contributed by atoms with Gasteiger partial charge in [0.15, 0.2) is 0 Å². The smallest absolute Gasteiger partial charge is 0.228 e. The van der Waals surface area contributed by atoms with Crippen molar-refractivity contribution in [3.05, 3.63) is 71.5 Å². The minimum absolute atomic E-state index is 0.120. The summed E-state index contributed by atoms with van der Waals surface area (Å²) in [6.45, 7) is 2.03.